The third-order valence-corrected chi connectivity index (χ3v) is 5.93. The van der Waals surface area contributed by atoms with Crippen LogP contribution in [-0.2, 0) is 11.8 Å². The number of nitrogens with zero attached hydrogens (tertiary/aromatic N) is 6. The second-order valence-corrected chi connectivity index (χ2v) is 7.93. The van der Waals surface area contributed by atoms with Gasteiger partial charge in [0, 0.05) is 67.0 Å². The largest absolute Gasteiger partial charge is 0.378 e. The van der Waals surface area contributed by atoms with E-state index in [1.54, 1.807) is 15.4 Å². The molecule has 0 saturated carbocycles. The van der Waals surface area contributed by atoms with E-state index in [9.17, 15) is 4.79 Å². The molecule has 0 aliphatic carbocycles. The van der Waals surface area contributed by atoms with Crippen molar-refractivity contribution in [1.82, 2.24) is 34.3 Å². The Morgan fingerprint density at radius 2 is 1.94 bits per heavy atom. The van der Waals surface area contributed by atoms with Crippen LogP contribution in [0.15, 0.2) is 55.4 Å². The first-order valence-electron chi connectivity index (χ1n) is 10.5. The number of H-pyrrole nitrogens is 1. The van der Waals surface area contributed by atoms with Crippen LogP contribution in [-0.4, -0.2) is 66.5 Å². The topological polar surface area (TPSA) is 93.3 Å². The Bertz CT molecular complexity index is 1460. The van der Waals surface area contributed by atoms with E-state index in [2.05, 4.69) is 26.2 Å². The van der Waals surface area contributed by atoms with Gasteiger partial charge in [0.2, 0.25) is 0 Å². The van der Waals surface area contributed by atoms with Crippen LogP contribution in [0.3, 0.4) is 0 Å². The van der Waals surface area contributed by atoms with E-state index in [4.69, 9.17) is 4.74 Å². The number of carbonyl (C=O) groups excluding carboxylic acids is 1. The van der Waals surface area contributed by atoms with Crippen LogP contribution < -0.4 is 0 Å². The summed E-state index contributed by atoms with van der Waals surface area (Å²) in [6.07, 6.45) is 11.1. The maximum absolute atomic E-state index is 13.1. The number of amides is 1. The van der Waals surface area contributed by atoms with Gasteiger partial charge >= 0.3 is 0 Å². The number of hydrogen-bond donors (Lipinski definition) is 1. The van der Waals surface area contributed by atoms with Gasteiger partial charge in [-0.25, -0.2) is 9.50 Å². The summed E-state index contributed by atoms with van der Waals surface area (Å²) in [7, 11) is 1.90. The number of fused-ring (bicyclic) bond motifs is 2. The number of pyridine rings is 2. The van der Waals surface area contributed by atoms with Crippen LogP contribution in [0.5, 0.6) is 0 Å². The average Bonchev–Trinajstić information content (AvgIpc) is 3.56. The number of aryl methyl sites for hydroxylation is 1. The lowest BCUT2D eigenvalue weighted by molar-refractivity contribution is 0.0304. The number of ether oxygens (including phenoxy) is 1. The van der Waals surface area contributed by atoms with Crippen molar-refractivity contribution in [3.8, 4) is 22.3 Å². The summed E-state index contributed by atoms with van der Waals surface area (Å²) in [5, 5.41) is 9.66. The van der Waals surface area contributed by atoms with Gasteiger partial charge in [-0.1, -0.05) is 0 Å². The quantitative estimate of drug-likeness (QED) is 0.478. The van der Waals surface area contributed by atoms with Crippen molar-refractivity contribution in [2.24, 2.45) is 7.05 Å². The molecule has 1 N–H and O–H groups in total. The summed E-state index contributed by atoms with van der Waals surface area (Å²) in [5.41, 5.74) is 6.22. The summed E-state index contributed by atoms with van der Waals surface area (Å²) in [5.74, 6) is -0.0140. The van der Waals surface area contributed by atoms with Crippen molar-refractivity contribution in [2.45, 2.75) is 0 Å². The Balaban J connectivity index is 1.43. The lowest BCUT2D eigenvalue weighted by atomic mass is 10.0. The monoisotopic (exact) mass is 427 g/mol. The molecule has 1 aliphatic heterocycles. The molecule has 160 valence electrons. The van der Waals surface area contributed by atoms with Crippen molar-refractivity contribution in [1.29, 1.82) is 0 Å². The average molecular weight is 427 g/mol. The minimum absolute atomic E-state index is 0.0140. The standard InChI is InChI=1S/C23H21N7O2/c1-28-14-17(11-26-28)16-8-18-19(12-25-22(18)24-10-16)15-2-3-30-21(9-15)20(13-27-30)23(31)29-4-6-32-7-5-29/h2-3,8-14H,4-7H2,1H3,(H,24,25). The number of rotatable bonds is 3. The van der Waals surface area contributed by atoms with Gasteiger partial charge in [-0.05, 0) is 23.8 Å². The molecule has 6 rings (SSSR count). The number of aromatic amines is 1. The molecule has 1 amide bonds. The van der Waals surface area contributed by atoms with Crippen molar-refractivity contribution >= 4 is 22.5 Å². The van der Waals surface area contributed by atoms with Crippen LogP contribution in [0.25, 0.3) is 38.8 Å². The van der Waals surface area contributed by atoms with E-state index < -0.39 is 0 Å². The molecule has 0 atom stereocenters. The molecule has 0 unspecified atom stereocenters. The first kappa shape index (κ1) is 18.8. The highest BCUT2D eigenvalue weighted by molar-refractivity contribution is 6.02. The maximum atomic E-state index is 13.1. The Kier molecular flexibility index (Phi) is 4.29. The zero-order valence-electron chi connectivity index (χ0n) is 17.5. The molecule has 9 nitrogen and oxygen atoms in total. The van der Waals surface area contributed by atoms with Crippen LogP contribution >= 0.6 is 0 Å². The van der Waals surface area contributed by atoms with Crippen molar-refractivity contribution in [2.75, 3.05) is 26.3 Å². The van der Waals surface area contributed by atoms with E-state index in [-0.39, 0.29) is 5.91 Å². The van der Waals surface area contributed by atoms with Gasteiger partial charge in [0.1, 0.15) is 5.65 Å². The molecular weight excluding hydrogens is 406 g/mol. The normalized spacial score (nSPS) is 14.5. The molecule has 0 radical (unpaired) electrons. The summed E-state index contributed by atoms with van der Waals surface area (Å²) < 4.78 is 8.89. The zero-order valence-corrected chi connectivity index (χ0v) is 17.5. The minimum atomic E-state index is -0.0140. The maximum Gasteiger partial charge on any atom is 0.257 e. The third kappa shape index (κ3) is 3.05. The fourth-order valence-corrected chi connectivity index (χ4v) is 4.22. The Hall–Kier alpha value is -3.98. The number of hydrogen-bond acceptors (Lipinski definition) is 5. The van der Waals surface area contributed by atoms with E-state index in [1.807, 2.05) is 55.1 Å². The second-order valence-electron chi connectivity index (χ2n) is 7.93. The molecule has 5 aromatic heterocycles. The van der Waals surface area contributed by atoms with E-state index in [0.717, 1.165) is 38.8 Å². The first-order chi connectivity index (χ1) is 15.7. The molecule has 32 heavy (non-hydrogen) atoms. The molecular formula is C23H21N7O2. The lowest BCUT2D eigenvalue weighted by Gasteiger charge is -2.26. The van der Waals surface area contributed by atoms with Gasteiger partial charge < -0.3 is 14.6 Å². The molecule has 1 saturated heterocycles. The van der Waals surface area contributed by atoms with E-state index >= 15 is 0 Å². The van der Waals surface area contributed by atoms with Gasteiger partial charge in [-0.15, -0.1) is 0 Å². The molecule has 0 bridgehead atoms. The lowest BCUT2D eigenvalue weighted by Crippen LogP contribution is -2.40. The van der Waals surface area contributed by atoms with Crippen molar-refractivity contribution in [3.63, 3.8) is 0 Å². The van der Waals surface area contributed by atoms with E-state index in [1.165, 1.54) is 0 Å². The molecule has 6 heterocycles. The van der Waals surface area contributed by atoms with Crippen LogP contribution in [0.1, 0.15) is 10.4 Å². The highest BCUT2D eigenvalue weighted by atomic mass is 16.5. The fraction of sp³-hybridized carbons (Fsp3) is 0.217. The van der Waals surface area contributed by atoms with E-state index in [0.29, 0.717) is 31.9 Å². The summed E-state index contributed by atoms with van der Waals surface area (Å²) >= 11 is 0. The predicted octanol–water partition coefficient (Wildman–Crippen LogP) is 2.75. The number of aromatic nitrogens is 6. The second kappa shape index (κ2) is 7.31. The predicted molar refractivity (Wildman–Crippen MR) is 119 cm³/mol. The van der Waals surface area contributed by atoms with Crippen molar-refractivity contribution < 1.29 is 9.53 Å². The highest BCUT2D eigenvalue weighted by Crippen LogP contribution is 2.32. The SMILES string of the molecule is Cn1cc(-c2cnc3[nH]cc(-c4ccn5ncc(C(=O)N6CCOCC6)c5c4)c3c2)cn1. The molecule has 0 aromatic carbocycles. The summed E-state index contributed by atoms with van der Waals surface area (Å²) in [6, 6.07) is 6.13. The number of carbonyl (C=O) groups is 1. The van der Waals surface area contributed by atoms with Gasteiger partial charge in [-0.2, -0.15) is 10.2 Å². The van der Waals surface area contributed by atoms with Crippen LogP contribution in [0, 0.1) is 0 Å². The minimum Gasteiger partial charge on any atom is -0.378 e. The third-order valence-electron chi connectivity index (χ3n) is 5.93. The summed E-state index contributed by atoms with van der Waals surface area (Å²) in [4.78, 5) is 22.8. The fourth-order valence-electron chi connectivity index (χ4n) is 4.22. The van der Waals surface area contributed by atoms with Gasteiger partial charge in [0.25, 0.3) is 5.91 Å². The molecule has 0 spiro atoms. The van der Waals surface area contributed by atoms with Gasteiger partial charge in [0.15, 0.2) is 0 Å². The van der Waals surface area contributed by atoms with Gasteiger partial charge in [-0.3, -0.25) is 9.48 Å². The zero-order chi connectivity index (χ0) is 21.7. The first-order valence-corrected chi connectivity index (χ1v) is 10.5. The Morgan fingerprint density at radius 1 is 1.06 bits per heavy atom. The van der Waals surface area contributed by atoms with Crippen LogP contribution in [0.2, 0.25) is 0 Å². The van der Waals surface area contributed by atoms with Crippen molar-refractivity contribution in [3.05, 3.63) is 60.9 Å². The summed E-state index contributed by atoms with van der Waals surface area (Å²) in [6.45, 7) is 2.33. The van der Waals surface area contributed by atoms with Crippen LogP contribution in [0.4, 0.5) is 0 Å². The molecule has 1 fully saturated rings. The molecule has 9 heteroatoms. The number of nitrogens with one attached hydrogen (secondary N) is 1. The Labute approximate surface area is 183 Å². The smallest absolute Gasteiger partial charge is 0.257 e. The van der Waals surface area contributed by atoms with Gasteiger partial charge in [0.05, 0.1) is 36.7 Å². The number of morpholine rings is 1. The molecule has 1 aliphatic rings. The highest BCUT2D eigenvalue weighted by Gasteiger charge is 2.22. The molecule has 5 aromatic rings. The Morgan fingerprint density at radius 3 is 2.75 bits per heavy atom.